The van der Waals surface area contributed by atoms with Crippen molar-refractivity contribution >= 4 is 17.4 Å². The minimum atomic E-state index is -0.204. The number of anilines is 2. The Hall–Kier alpha value is -2.30. The summed E-state index contributed by atoms with van der Waals surface area (Å²) in [5.74, 6) is 0.331. The van der Waals surface area contributed by atoms with Gasteiger partial charge in [0.05, 0.1) is 5.69 Å². The van der Waals surface area contributed by atoms with Gasteiger partial charge in [-0.2, -0.15) is 0 Å². The molecule has 0 radical (unpaired) electrons. The summed E-state index contributed by atoms with van der Waals surface area (Å²) in [4.78, 5) is 16.2. The van der Waals surface area contributed by atoms with E-state index in [-0.39, 0.29) is 5.91 Å². The van der Waals surface area contributed by atoms with Crippen LogP contribution in [0.15, 0.2) is 30.6 Å². The second-order valence-corrected chi connectivity index (χ2v) is 4.12. The number of aromatic nitrogens is 2. The first kappa shape index (κ1) is 12.2. The number of nitrogens with two attached hydrogens (primary N) is 1. The van der Waals surface area contributed by atoms with Gasteiger partial charge in [-0.1, -0.05) is 6.07 Å². The maximum atomic E-state index is 12.1. The standard InChI is InChI=1S/C13H16N4O/c1-3-17-8-10(14)6-11(17)13(18)16-12-5-4-9(2)7-15-12/h4-8H,3,14H2,1-2H3,(H,15,16,18). The molecule has 2 aromatic rings. The Kier molecular flexibility index (Phi) is 3.32. The zero-order chi connectivity index (χ0) is 13.1. The molecule has 5 heteroatoms. The summed E-state index contributed by atoms with van der Waals surface area (Å²) < 4.78 is 1.80. The Morgan fingerprint density at radius 2 is 2.28 bits per heavy atom. The fraction of sp³-hybridized carbons (Fsp3) is 0.231. The Bertz CT molecular complexity index is 557. The Labute approximate surface area is 106 Å². The molecule has 1 amide bonds. The maximum Gasteiger partial charge on any atom is 0.273 e. The molecule has 5 nitrogen and oxygen atoms in total. The largest absolute Gasteiger partial charge is 0.397 e. The van der Waals surface area contributed by atoms with Crippen LogP contribution in [-0.4, -0.2) is 15.5 Å². The van der Waals surface area contributed by atoms with E-state index in [2.05, 4.69) is 10.3 Å². The SMILES string of the molecule is CCn1cc(N)cc1C(=O)Nc1ccc(C)cn1. The first-order valence-electron chi connectivity index (χ1n) is 5.80. The van der Waals surface area contributed by atoms with Gasteiger partial charge in [0.2, 0.25) is 0 Å². The molecule has 0 saturated carbocycles. The van der Waals surface area contributed by atoms with Crippen LogP contribution in [0.4, 0.5) is 11.5 Å². The Morgan fingerprint density at radius 3 is 2.89 bits per heavy atom. The molecular formula is C13H16N4O. The van der Waals surface area contributed by atoms with Crippen molar-refractivity contribution in [2.45, 2.75) is 20.4 Å². The van der Waals surface area contributed by atoms with Crippen molar-refractivity contribution in [3.63, 3.8) is 0 Å². The molecule has 0 aliphatic rings. The van der Waals surface area contributed by atoms with Gasteiger partial charge in [-0.25, -0.2) is 4.98 Å². The molecule has 0 aliphatic carbocycles. The Balaban J connectivity index is 2.19. The molecule has 3 N–H and O–H groups in total. The van der Waals surface area contributed by atoms with Crippen molar-refractivity contribution in [3.8, 4) is 0 Å². The average molecular weight is 244 g/mol. The van der Waals surface area contributed by atoms with Crippen LogP contribution in [0.1, 0.15) is 23.0 Å². The summed E-state index contributed by atoms with van der Waals surface area (Å²) in [6, 6.07) is 5.33. The van der Waals surface area contributed by atoms with Gasteiger partial charge in [0.15, 0.2) is 0 Å². The van der Waals surface area contributed by atoms with Crippen LogP contribution in [0.2, 0.25) is 0 Å². The highest BCUT2D eigenvalue weighted by molar-refractivity contribution is 6.03. The molecule has 0 saturated heterocycles. The number of hydrogen-bond acceptors (Lipinski definition) is 3. The molecular weight excluding hydrogens is 228 g/mol. The predicted molar refractivity (Wildman–Crippen MR) is 71.4 cm³/mol. The van der Waals surface area contributed by atoms with Crippen LogP contribution in [0.25, 0.3) is 0 Å². The van der Waals surface area contributed by atoms with Gasteiger partial charge >= 0.3 is 0 Å². The zero-order valence-corrected chi connectivity index (χ0v) is 10.5. The second-order valence-electron chi connectivity index (χ2n) is 4.12. The molecule has 94 valence electrons. The van der Waals surface area contributed by atoms with E-state index in [1.807, 2.05) is 19.9 Å². The van der Waals surface area contributed by atoms with E-state index < -0.39 is 0 Å². The summed E-state index contributed by atoms with van der Waals surface area (Å²) in [7, 11) is 0. The number of nitrogen functional groups attached to an aromatic ring is 1. The van der Waals surface area contributed by atoms with Crippen LogP contribution in [-0.2, 0) is 6.54 Å². The van der Waals surface area contributed by atoms with E-state index in [4.69, 9.17) is 5.73 Å². The third-order valence-electron chi connectivity index (χ3n) is 2.64. The van der Waals surface area contributed by atoms with Gasteiger partial charge in [0, 0.05) is 18.9 Å². The highest BCUT2D eigenvalue weighted by Crippen LogP contribution is 2.13. The number of rotatable bonds is 3. The number of carbonyl (C=O) groups excluding carboxylic acids is 1. The Morgan fingerprint density at radius 1 is 1.50 bits per heavy atom. The number of carbonyl (C=O) groups is 1. The van der Waals surface area contributed by atoms with E-state index in [0.717, 1.165) is 5.56 Å². The summed E-state index contributed by atoms with van der Waals surface area (Å²) >= 11 is 0. The highest BCUT2D eigenvalue weighted by atomic mass is 16.2. The predicted octanol–water partition coefficient (Wildman–Crippen LogP) is 2.05. The summed E-state index contributed by atoms with van der Waals surface area (Å²) in [5.41, 5.74) is 7.86. The molecule has 0 fully saturated rings. The molecule has 0 bridgehead atoms. The first-order chi connectivity index (χ1) is 8.60. The maximum absolute atomic E-state index is 12.1. The minimum Gasteiger partial charge on any atom is -0.397 e. The van der Waals surface area contributed by atoms with Gasteiger partial charge < -0.3 is 15.6 Å². The van der Waals surface area contributed by atoms with Crippen molar-refractivity contribution in [1.29, 1.82) is 0 Å². The topological polar surface area (TPSA) is 72.9 Å². The summed E-state index contributed by atoms with van der Waals surface area (Å²) in [5, 5.41) is 2.75. The molecule has 18 heavy (non-hydrogen) atoms. The zero-order valence-electron chi connectivity index (χ0n) is 10.5. The van der Waals surface area contributed by atoms with Gasteiger partial charge in [-0.15, -0.1) is 0 Å². The van der Waals surface area contributed by atoms with Crippen molar-refractivity contribution < 1.29 is 4.79 Å². The quantitative estimate of drug-likeness (QED) is 0.867. The lowest BCUT2D eigenvalue weighted by Gasteiger charge is -2.07. The molecule has 2 heterocycles. The number of nitrogens with one attached hydrogen (secondary N) is 1. The van der Waals surface area contributed by atoms with E-state index >= 15 is 0 Å². The third-order valence-corrected chi connectivity index (χ3v) is 2.64. The summed E-state index contributed by atoms with van der Waals surface area (Å²) in [6.07, 6.45) is 3.46. The van der Waals surface area contributed by atoms with Crippen LogP contribution in [0.3, 0.4) is 0 Å². The molecule has 0 aliphatic heterocycles. The monoisotopic (exact) mass is 244 g/mol. The van der Waals surface area contributed by atoms with E-state index in [1.54, 1.807) is 29.1 Å². The fourth-order valence-corrected chi connectivity index (χ4v) is 1.71. The lowest BCUT2D eigenvalue weighted by atomic mass is 10.3. The van der Waals surface area contributed by atoms with Gasteiger partial charge in [-0.05, 0) is 31.5 Å². The highest BCUT2D eigenvalue weighted by Gasteiger charge is 2.12. The second kappa shape index (κ2) is 4.91. The van der Waals surface area contributed by atoms with Crippen LogP contribution < -0.4 is 11.1 Å². The lowest BCUT2D eigenvalue weighted by Crippen LogP contribution is -2.17. The molecule has 2 rings (SSSR count). The van der Waals surface area contributed by atoms with Crippen molar-refractivity contribution in [2.75, 3.05) is 11.1 Å². The minimum absolute atomic E-state index is 0.204. The number of hydrogen-bond donors (Lipinski definition) is 2. The number of aryl methyl sites for hydroxylation is 2. The fourth-order valence-electron chi connectivity index (χ4n) is 1.71. The van der Waals surface area contributed by atoms with Gasteiger partial charge in [0.25, 0.3) is 5.91 Å². The van der Waals surface area contributed by atoms with Crippen molar-refractivity contribution in [3.05, 3.63) is 41.9 Å². The normalized spacial score (nSPS) is 10.3. The third kappa shape index (κ3) is 2.51. The van der Waals surface area contributed by atoms with Crippen molar-refractivity contribution in [1.82, 2.24) is 9.55 Å². The number of amides is 1. The molecule has 0 aromatic carbocycles. The van der Waals surface area contributed by atoms with Crippen LogP contribution >= 0.6 is 0 Å². The van der Waals surface area contributed by atoms with Gasteiger partial charge in [-0.3, -0.25) is 4.79 Å². The molecule has 2 aromatic heterocycles. The van der Waals surface area contributed by atoms with Gasteiger partial charge in [0.1, 0.15) is 11.5 Å². The van der Waals surface area contributed by atoms with Crippen LogP contribution in [0, 0.1) is 6.92 Å². The van der Waals surface area contributed by atoms with Crippen LogP contribution in [0.5, 0.6) is 0 Å². The lowest BCUT2D eigenvalue weighted by molar-refractivity contribution is 0.101. The number of pyridine rings is 1. The molecule has 0 atom stereocenters. The smallest absolute Gasteiger partial charge is 0.273 e. The molecule has 0 spiro atoms. The van der Waals surface area contributed by atoms with E-state index in [0.29, 0.717) is 23.7 Å². The summed E-state index contributed by atoms with van der Waals surface area (Å²) in [6.45, 7) is 4.60. The van der Waals surface area contributed by atoms with E-state index in [9.17, 15) is 4.79 Å². The van der Waals surface area contributed by atoms with E-state index in [1.165, 1.54) is 0 Å². The molecule has 0 unspecified atom stereocenters. The number of nitrogens with zero attached hydrogens (tertiary/aromatic N) is 2. The van der Waals surface area contributed by atoms with Crippen molar-refractivity contribution in [2.24, 2.45) is 0 Å². The first-order valence-corrected chi connectivity index (χ1v) is 5.80. The average Bonchev–Trinajstić information content (AvgIpc) is 2.73.